The smallest absolute Gasteiger partial charge is 0.167 e. The van der Waals surface area contributed by atoms with E-state index in [1.54, 1.807) is 0 Å². The number of halogens is 1. The van der Waals surface area contributed by atoms with Crippen LogP contribution in [-0.2, 0) is 17.8 Å². The lowest BCUT2D eigenvalue weighted by Gasteiger charge is -2.41. The maximum atomic E-state index is 13.8. The first-order valence-electron chi connectivity index (χ1n) is 11.8. The number of ether oxygens (including phenoxy) is 2. The summed E-state index contributed by atoms with van der Waals surface area (Å²) >= 11 is 6.18. The second-order valence-electron chi connectivity index (χ2n) is 10.3. The molecule has 2 heterocycles. The van der Waals surface area contributed by atoms with E-state index in [-0.39, 0.29) is 29.4 Å². The monoisotopic (exact) mass is 453 g/mol. The number of ketones is 1. The summed E-state index contributed by atoms with van der Waals surface area (Å²) in [4.78, 5) is 16.3. The summed E-state index contributed by atoms with van der Waals surface area (Å²) in [6.45, 7) is 10.9. The maximum absolute atomic E-state index is 13.8. The molecule has 170 valence electrons. The van der Waals surface area contributed by atoms with E-state index in [1.165, 1.54) is 0 Å². The van der Waals surface area contributed by atoms with E-state index in [9.17, 15) is 4.79 Å². The molecule has 3 atom stereocenters. The number of Topliss-reactive ketones (excluding diaryl/α,β-unsaturated/α-hetero) is 1. The number of carbonyl (C=O) groups excluding carboxylic acids is 1. The van der Waals surface area contributed by atoms with Crippen molar-refractivity contribution in [2.75, 3.05) is 13.2 Å². The summed E-state index contributed by atoms with van der Waals surface area (Å²) < 4.78 is 12.1. The van der Waals surface area contributed by atoms with Gasteiger partial charge in [0.2, 0.25) is 0 Å². The molecule has 0 N–H and O–H groups in total. The van der Waals surface area contributed by atoms with Crippen LogP contribution in [-0.4, -0.2) is 41.5 Å². The molecule has 0 amide bonds. The lowest BCUT2D eigenvalue weighted by atomic mass is 9.76. The zero-order valence-electron chi connectivity index (χ0n) is 19.4. The third-order valence-electron chi connectivity index (χ3n) is 7.31. The molecule has 5 rings (SSSR count). The van der Waals surface area contributed by atoms with Crippen LogP contribution >= 0.6 is 11.6 Å². The van der Waals surface area contributed by atoms with Gasteiger partial charge in [0.15, 0.2) is 5.78 Å². The number of hydrogen-bond donors (Lipinski definition) is 0. The summed E-state index contributed by atoms with van der Waals surface area (Å²) in [6.07, 6.45) is 2.92. The summed E-state index contributed by atoms with van der Waals surface area (Å²) in [5.41, 5.74) is 5.30. The fraction of sp³-hybridized carbons (Fsp3) is 0.519. The topological polar surface area (TPSA) is 38.8 Å². The Balaban J connectivity index is 1.47. The molecule has 0 saturated carbocycles. The predicted octanol–water partition coefficient (Wildman–Crippen LogP) is 5.92. The molecule has 0 radical (unpaired) electrons. The van der Waals surface area contributed by atoms with Gasteiger partial charge in [-0.2, -0.15) is 0 Å². The third kappa shape index (κ3) is 3.76. The number of benzene rings is 2. The van der Waals surface area contributed by atoms with E-state index in [1.807, 2.05) is 25.1 Å². The normalized spacial score (nSPS) is 25.2. The number of rotatable bonds is 3. The van der Waals surface area contributed by atoms with Crippen molar-refractivity contribution in [3.8, 4) is 16.9 Å². The van der Waals surface area contributed by atoms with Gasteiger partial charge in [-0.25, -0.2) is 0 Å². The Bertz CT molecular complexity index is 1060. The minimum absolute atomic E-state index is 0.0000791. The number of carbonyl (C=O) groups is 1. The van der Waals surface area contributed by atoms with Crippen molar-refractivity contribution in [1.29, 1.82) is 0 Å². The molecular weight excluding hydrogens is 422 g/mol. The first kappa shape index (κ1) is 21.9. The lowest BCUT2D eigenvalue weighted by Crippen LogP contribution is -2.50. The van der Waals surface area contributed by atoms with Crippen molar-refractivity contribution in [3.63, 3.8) is 0 Å². The van der Waals surface area contributed by atoms with Crippen LogP contribution in [0.5, 0.6) is 5.75 Å². The summed E-state index contributed by atoms with van der Waals surface area (Å²) in [6, 6.07) is 10.3. The minimum atomic E-state index is -0.0000791. The molecule has 2 aromatic carbocycles. The van der Waals surface area contributed by atoms with E-state index >= 15 is 0 Å². The van der Waals surface area contributed by atoms with Gasteiger partial charge >= 0.3 is 0 Å². The second-order valence-corrected chi connectivity index (χ2v) is 10.7. The van der Waals surface area contributed by atoms with E-state index < -0.39 is 0 Å². The molecule has 0 spiro atoms. The summed E-state index contributed by atoms with van der Waals surface area (Å²) in [5, 5.41) is 0.720. The van der Waals surface area contributed by atoms with Crippen LogP contribution in [0.15, 0.2) is 30.3 Å². The van der Waals surface area contributed by atoms with Crippen LogP contribution in [0.3, 0.4) is 0 Å². The third-order valence-corrected chi connectivity index (χ3v) is 7.54. The zero-order chi connectivity index (χ0) is 22.6. The first-order valence-corrected chi connectivity index (χ1v) is 12.1. The molecule has 1 unspecified atom stereocenters. The Morgan fingerprint density at radius 1 is 1.12 bits per heavy atom. The molecule has 5 heteroatoms. The summed E-state index contributed by atoms with van der Waals surface area (Å²) in [5.74, 6) is 1.06. The van der Waals surface area contributed by atoms with Gasteiger partial charge in [0.05, 0.1) is 6.10 Å². The Morgan fingerprint density at radius 3 is 2.69 bits per heavy atom. The van der Waals surface area contributed by atoms with E-state index in [4.69, 9.17) is 21.1 Å². The zero-order valence-corrected chi connectivity index (χ0v) is 20.2. The van der Waals surface area contributed by atoms with Gasteiger partial charge in [0.1, 0.15) is 12.4 Å². The molecule has 32 heavy (non-hydrogen) atoms. The van der Waals surface area contributed by atoms with E-state index in [2.05, 4.69) is 37.8 Å². The van der Waals surface area contributed by atoms with E-state index in [0.717, 1.165) is 64.4 Å². The van der Waals surface area contributed by atoms with Crippen LogP contribution in [0.25, 0.3) is 11.1 Å². The fourth-order valence-electron chi connectivity index (χ4n) is 5.83. The maximum Gasteiger partial charge on any atom is 0.167 e. The molecule has 2 aromatic rings. The van der Waals surface area contributed by atoms with Crippen LogP contribution in [0.2, 0.25) is 5.02 Å². The Morgan fingerprint density at radius 2 is 1.94 bits per heavy atom. The fourth-order valence-corrected chi connectivity index (χ4v) is 6.03. The van der Waals surface area contributed by atoms with Crippen molar-refractivity contribution in [1.82, 2.24) is 4.90 Å². The Kier molecular flexibility index (Phi) is 5.59. The number of likely N-dealkylation sites (tertiary alicyclic amines) is 1. The molecule has 1 saturated heterocycles. The number of fused-ring (bicyclic) bond motifs is 4. The Labute approximate surface area is 195 Å². The molecule has 4 nitrogen and oxygen atoms in total. The van der Waals surface area contributed by atoms with E-state index in [0.29, 0.717) is 13.2 Å². The van der Waals surface area contributed by atoms with Crippen LogP contribution in [0.4, 0.5) is 0 Å². The van der Waals surface area contributed by atoms with Crippen molar-refractivity contribution >= 4 is 17.4 Å². The van der Waals surface area contributed by atoms with Crippen molar-refractivity contribution in [2.24, 2.45) is 5.92 Å². The quantitative estimate of drug-likeness (QED) is 0.578. The molecule has 1 fully saturated rings. The second kappa shape index (κ2) is 8.16. The highest BCUT2D eigenvalue weighted by molar-refractivity contribution is 6.30. The highest BCUT2D eigenvalue weighted by Crippen LogP contribution is 2.44. The van der Waals surface area contributed by atoms with Crippen LogP contribution in [0.1, 0.15) is 62.0 Å². The van der Waals surface area contributed by atoms with Gasteiger partial charge in [-0.3, -0.25) is 9.69 Å². The van der Waals surface area contributed by atoms with Gasteiger partial charge in [0.25, 0.3) is 0 Å². The number of nitrogens with zero attached hydrogens (tertiary/aromatic N) is 1. The molecule has 1 aliphatic carbocycles. The number of hydrogen-bond acceptors (Lipinski definition) is 4. The van der Waals surface area contributed by atoms with Crippen molar-refractivity contribution in [2.45, 2.75) is 71.2 Å². The summed E-state index contributed by atoms with van der Waals surface area (Å²) in [7, 11) is 0. The van der Waals surface area contributed by atoms with Crippen LogP contribution < -0.4 is 4.74 Å². The standard InChI is InChI=1S/C27H32ClNO3/c1-5-31-19-12-24(29(14-19)27(2,3)4)21-8-6-16-11-23-20-9-7-18(28)10-17(20)15-32-25(23)13-22(16)26(21)30/h7,9-11,13,19,21,24H,5-6,8,12,14-15H2,1-4H3/t19-,21?,24-/m0/s1. The molecule has 0 bridgehead atoms. The van der Waals surface area contributed by atoms with Crippen molar-refractivity contribution < 1.29 is 14.3 Å². The molecule has 0 aromatic heterocycles. The molecule has 3 aliphatic rings. The molecular formula is C27H32ClNO3. The van der Waals surface area contributed by atoms with Gasteiger partial charge in [-0.1, -0.05) is 17.7 Å². The SMILES string of the molecule is CCO[C@H]1C[C@@H](C2CCc3cc4c(cc3C2=O)OCc2cc(Cl)ccc2-4)N(C(C)(C)C)C1. The number of aryl methyl sites for hydroxylation is 1. The highest BCUT2D eigenvalue weighted by Gasteiger charge is 2.46. The van der Waals surface area contributed by atoms with Gasteiger partial charge in [-0.15, -0.1) is 0 Å². The van der Waals surface area contributed by atoms with Crippen molar-refractivity contribution in [3.05, 3.63) is 52.0 Å². The van der Waals surface area contributed by atoms with Crippen LogP contribution in [0, 0.1) is 5.92 Å². The Hall–Kier alpha value is -1.88. The first-order chi connectivity index (χ1) is 15.3. The van der Waals surface area contributed by atoms with Gasteiger partial charge in [-0.05, 0) is 87.9 Å². The average Bonchev–Trinajstić information content (AvgIpc) is 3.17. The average molecular weight is 454 g/mol. The van der Waals surface area contributed by atoms with Gasteiger partial charge in [0, 0.05) is 46.8 Å². The lowest BCUT2D eigenvalue weighted by molar-refractivity contribution is 0.0484. The predicted molar refractivity (Wildman–Crippen MR) is 128 cm³/mol. The highest BCUT2D eigenvalue weighted by atomic mass is 35.5. The largest absolute Gasteiger partial charge is 0.488 e. The van der Waals surface area contributed by atoms with Gasteiger partial charge < -0.3 is 9.47 Å². The molecule has 2 aliphatic heterocycles. The minimum Gasteiger partial charge on any atom is -0.488 e.